The number of amidine groups is 1. The third-order valence-electron chi connectivity index (χ3n) is 5.05. The Bertz CT molecular complexity index is 1190. The first-order valence-corrected chi connectivity index (χ1v) is 9.78. The summed E-state index contributed by atoms with van der Waals surface area (Å²) in [6.07, 6.45) is -3.88. The summed E-state index contributed by atoms with van der Waals surface area (Å²) in [4.78, 5) is 30.7. The van der Waals surface area contributed by atoms with Gasteiger partial charge in [0.1, 0.15) is 17.3 Å². The van der Waals surface area contributed by atoms with Gasteiger partial charge in [0, 0.05) is 11.1 Å². The van der Waals surface area contributed by atoms with Crippen LogP contribution in [0.5, 0.6) is 5.75 Å². The predicted octanol–water partition coefficient (Wildman–Crippen LogP) is 3.77. The molecule has 4 rings (SSSR count). The largest absolute Gasteiger partial charge is 0.497 e. The van der Waals surface area contributed by atoms with Crippen molar-refractivity contribution < 1.29 is 31.9 Å². The topological polar surface area (TPSA) is 84.1 Å². The summed E-state index contributed by atoms with van der Waals surface area (Å²) >= 11 is 0. The van der Waals surface area contributed by atoms with Gasteiger partial charge in [-0.25, -0.2) is 4.99 Å². The van der Waals surface area contributed by atoms with Crippen LogP contribution in [0.4, 0.5) is 13.2 Å². The van der Waals surface area contributed by atoms with Crippen molar-refractivity contribution in [2.75, 3.05) is 7.11 Å². The van der Waals surface area contributed by atoms with Crippen LogP contribution in [0.3, 0.4) is 0 Å². The first kappa shape index (κ1) is 22.1. The third kappa shape index (κ3) is 4.07. The van der Waals surface area contributed by atoms with Gasteiger partial charge >= 0.3 is 11.8 Å². The Balaban J connectivity index is 1.79. The van der Waals surface area contributed by atoms with Gasteiger partial charge < -0.3 is 14.5 Å². The third-order valence-corrected chi connectivity index (χ3v) is 5.05. The van der Waals surface area contributed by atoms with E-state index in [9.17, 15) is 22.8 Å². The van der Waals surface area contributed by atoms with Crippen LogP contribution in [0.15, 0.2) is 82.4 Å². The molecule has 2 amide bonds. The van der Waals surface area contributed by atoms with Crippen LogP contribution in [0.2, 0.25) is 0 Å². The minimum Gasteiger partial charge on any atom is -0.497 e. The van der Waals surface area contributed by atoms with Gasteiger partial charge in [-0.1, -0.05) is 36.4 Å². The molecule has 0 saturated carbocycles. The molecule has 10 heteroatoms. The maximum Gasteiger partial charge on any atom is 0.442 e. The van der Waals surface area contributed by atoms with Crippen molar-refractivity contribution in [2.24, 2.45) is 4.99 Å². The molecule has 0 spiro atoms. The highest BCUT2D eigenvalue weighted by Crippen LogP contribution is 2.39. The van der Waals surface area contributed by atoms with Crippen molar-refractivity contribution in [3.8, 4) is 5.75 Å². The normalized spacial score (nSPS) is 18.2. The molecule has 3 aromatic rings. The van der Waals surface area contributed by atoms with Crippen LogP contribution >= 0.6 is 0 Å². The van der Waals surface area contributed by atoms with Gasteiger partial charge in [-0.2, -0.15) is 13.2 Å². The Kier molecular flexibility index (Phi) is 5.67. The van der Waals surface area contributed by atoms with Gasteiger partial charge in [-0.15, -0.1) is 0 Å². The molecule has 0 saturated heterocycles. The molecule has 1 unspecified atom stereocenters. The van der Waals surface area contributed by atoms with E-state index in [0.29, 0.717) is 0 Å². The van der Waals surface area contributed by atoms with Crippen LogP contribution in [-0.2, 0) is 11.3 Å². The van der Waals surface area contributed by atoms with E-state index in [2.05, 4.69) is 4.99 Å². The van der Waals surface area contributed by atoms with Crippen molar-refractivity contribution in [1.29, 1.82) is 0 Å². The van der Waals surface area contributed by atoms with Gasteiger partial charge in [-0.05, 0) is 30.3 Å². The molecule has 1 N–H and O–H groups in total. The van der Waals surface area contributed by atoms with E-state index in [-0.39, 0.29) is 35.0 Å². The van der Waals surface area contributed by atoms with Crippen LogP contribution in [0.25, 0.3) is 0 Å². The number of amides is 2. The Morgan fingerprint density at radius 1 is 1.12 bits per heavy atom. The molecule has 0 aliphatic carbocycles. The summed E-state index contributed by atoms with van der Waals surface area (Å²) in [5, 5.41) is 1.83. The molecule has 1 aliphatic heterocycles. The number of alkyl halides is 3. The summed E-state index contributed by atoms with van der Waals surface area (Å²) in [7, 11) is 1.36. The summed E-state index contributed by atoms with van der Waals surface area (Å²) in [5.74, 6) is -2.28. The SMILES string of the molecule is COc1cccc(C(=O)NC2(C(F)(F)F)N=C(c3ccccc3)N(Cc3ccco3)C2=O)c1. The van der Waals surface area contributed by atoms with Crippen LogP contribution < -0.4 is 10.1 Å². The van der Waals surface area contributed by atoms with Gasteiger partial charge in [0.25, 0.3) is 11.8 Å². The highest BCUT2D eigenvalue weighted by Gasteiger charge is 2.67. The number of hydrogen-bond donors (Lipinski definition) is 1. The Morgan fingerprint density at radius 3 is 2.52 bits per heavy atom. The molecule has 1 aliphatic rings. The highest BCUT2D eigenvalue weighted by atomic mass is 19.4. The molecule has 0 bridgehead atoms. The number of ether oxygens (including phenoxy) is 1. The monoisotopic (exact) mass is 457 g/mol. The van der Waals surface area contributed by atoms with Gasteiger partial charge in [0.05, 0.1) is 19.9 Å². The lowest BCUT2D eigenvalue weighted by molar-refractivity contribution is -0.196. The number of nitrogens with one attached hydrogen (secondary N) is 1. The zero-order chi connectivity index (χ0) is 23.6. The number of methoxy groups -OCH3 is 1. The Hall–Kier alpha value is -4.08. The fraction of sp³-hybridized carbons (Fsp3) is 0.174. The number of hydrogen-bond acceptors (Lipinski definition) is 5. The van der Waals surface area contributed by atoms with Crippen molar-refractivity contribution >= 4 is 17.6 Å². The maximum absolute atomic E-state index is 14.4. The Labute approximate surface area is 186 Å². The first-order valence-electron chi connectivity index (χ1n) is 9.78. The summed E-state index contributed by atoms with van der Waals surface area (Å²) < 4.78 is 53.5. The van der Waals surface area contributed by atoms with Crippen LogP contribution in [0.1, 0.15) is 21.7 Å². The maximum atomic E-state index is 14.4. The molecule has 33 heavy (non-hydrogen) atoms. The molecule has 0 fully saturated rings. The number of rotatable bonds is 6. The number of nitrogens with zero attached hydrogens (tertiary/aromatic N) is 2. The summed E-state index contributed by atoms with van der Waals surface area (Å²) in [5.41, 5.74) is -3.35. The number of carbonyl (C=O) groups excluding carboxylic acids is 2. The van der Waals surface area contributed by atoms with E-state index in [1.165, 1.54) is 55.8 Å². The number of halogens is 3. The second-order valence-corrected chi connectivity index (χ2v) is 7.17. The molecule has 7 nitrogen and oxygen atoms in total. The predicted molar refractivity (Wildman–Crippen MR) is 111 cm³/mol. The fourth-order valence-electron chi connectivity index (χ4n) is 3.41. The quantitative estimate of drug-likeness (QED) is 0.611. The number of carbonyl (C=O) groups is 2. The molecule has 170 valence electrons. The Morgan fingerprint density at radius 2 is 1.88 bits per heavy atom. The van der Waals surface area contributed by atoms with Gasteiger partial charge in [0.15, 0.2) is 0 Å². The van der Waals surface area contributed by atoms with E-state index in [4.69, 9.17) is 9.15 Å². The zero-order valence-corrected chi connectivity index (χ0v) is 17.3. The second kappa shape index (κ2) is 8.45. The minimum absolute atomic E-state index is 0.119. The van der Waals surface area contributed by atoms with Crippen molar-refractivity contribution in [3.63, 3.8) is 0 Å². The van der Waals surface area contributed by atoms with Crippen LogP contribution in [-0.4, -0.2) is 41.5 Å². The summed E-state index contributed by atoms with van der Waals surface area (Å²) in [6.45, 7) is -0.299. The minimum atomic E-state index is -5.23. The average Bonchev–Trinajstić information content (AvgIpc) is 3.42. The van der Waals surface area contributed by atoms with E-state index >= 15 is 0 Å². The van der Waals surface area contributed by atoms with E-state index in [1.54, 1.807) is 24.3 Å². The fourth-order valence-corrected chi connectivity index (χ4v) is 3.41. The number of furan rings is 1. The van der Waals surface area contributed by atoms with Gasteiger partial charge in [0.2, 0.25) is 0 Å². The lowest BCUT2D eigenvalue weighted by atomic mass is 10.1. The highest BCUT2D eigenvalue weighted by molar-refractivity contribution is 6.16. The molecular formula is C23H18F3N3O4. The first-order chi connectivity index (χ1) is 15.7. The second-order valence-electron chi connectivity index (χ2n) is 7.17. The standard InChI is InChI=1S/C23H18F3N3O4/c1-32-17-10-5-9-16(13-17)20(30)28-22(23(24,25)26)21(31)29(14-18-11-6-12-33-18)19(27-22)15-7-3-2-4-8-15/h2-13H,14H2,1H3,(H,28,30). The van der Waals surface area contributed by atoms with E-state index in [1.807, 2.05) is 5.32 Å². The molecule has 1 aromatic heterocycles. The number of aliphatic imine (C=N–C) groups is 1. The smallest absolute Gasteiger partial charge is 0.442 e. The molecular weight excluding hydrogens is 439 g/mol. The molecule has 2 aromatic carbocycles. The van der Waals surface area contributed by atoms with Gasteiger partial charge in [-0.3, -0.25) is 14.5 Å². The lowest BCUT2D eigenvalue weighted by Crippen LogP contribution is -2.63. The van der Waals surface area contributed by atoms with Crippen LogP contribution in [0, 0.1) is 0 Å². The van der Waals surface area contributed by atoms with Crippen molar-refractivity contribution in [3.05, 3.63) is 89.9 Å². The van der Waals surface area contributed by atoms with E-state index < -0.39 is 23.7 Å². The number of benzene rings is 2. The van der Waals surface area contributed by atoms with Crippen molar-refractivity contribution in [2.45, 2.75) is 18.4 Å². The van der Waals surface area contributed by atoms with Crippen molar-refractivity contribution in [1.82, 2.24) is 10.2 Å². The van der Waals surface area contributed by atoms with E-state index in [0.717, 1.165) is 4.90 Å². The molecule has 2 heterocycles. The molecule has 1 atom stereocenters. The average molecular weight is 457 g/mol. The lowest BCUT2D eigenvalue weighted by Gasteiger charge is -2.29. The zero-order valence-electron chi connectivity index (χ0n) is 17.3. The summed E-state index contributed by atoms with van der Waals surface area (Å²) in [6, 6.07) is 16.6. The molecule has 0 radical (unpaired) electrons.